The Balaban J connectivity index is 3.13. The van der Waals surface area contributed by atoms with E-state index < -0.39 is 15.6 Å². The molecule has 0 spiro atoms. The average Bonchev–Trinajstić information content (AvgIpc) is 2.24. The number of aromatic nitrogens is 1. The van der Waals surface area contributed by atoms with Crippen LogP contribution in [0, 0.1) is 6.92 Å². The van der Waals surface area contributed by atoms with Gasteiger partial charge < -0.3 is 5.73 Å². The fraction of sp³-hybridized carbons (Fsp3) is 0.625. The third kappa shape index (κ3) is 3.15. The monoisotopic (exact) mass is 249 g/mol. The molecular weight excluding hydrogens is 234 g/mol. The molecule has 0 radical (unpaired) electrons. The maximum absolute atomic E-state index is 11.9. The van der Waals surface area contributed by atoms with Crippen LogP contribution in [0.25, 0.3) is 0 Å². The van der Waals surface area contributed by atoms with E-state index >= 15 is 0 Å². The first-order chi connectivity index (χ1) is 6.62. The van der Waals surface area contributed by atoms with Gasteiger partial charge in [0.2, 0.25) is 0 Å². The van der Waals surface area contributed by atoms with Gasteiger partial charge in [-0.15, -0.1) is 0 Å². The molecular formula is C8H15N3O2S2. The van der Waals surface area contributed by atoms with Crippen LogP contribution < -0.4 is 10.5 Å². The summed E-state index contributed by atoms with van der Waals surface area (Å²) in [6.07, 6.45) is 0. The molecule has 0 fully saturated rings. The highest BCUT2D eigenvalue weighted by Gasteiger charge is 2.26. The molecule has 1 aromatic rings. The van der Waals surface area contributed by atoms with Crippen LogP contribution in [0.4, 0.5) is 5.13 Å². The molecule has 0 aliphatic heterocycles. The molecule has 0 aromatic carbocycles. The van der Waals surface area contributed by atoms with Gasteiger partial charge in [-0.3, -0.25) is 0 Å². The molecule has 0 saturated heterocycles. The molecule has 0 bridgehead atoms. The van der Waals surface area contributed by atoms with E-state index in [1.165, 1.54) is 0 Å². The van der Waals surface area contributed by atoms with Gasteiger partial charge in [0.15, 0.2) is 9.34 Å². The van der Waals surface area contributed by atoms with Crippen molar-refractivity contribution < 1.29 is 8.42 Å². The second-order valence-electron chi connectivity index (χ2n) is 4.28. The van der Waals surface area contributed by atoms with E-state index in [1.54, 1.807) is 27.7 Å². The van der Waals surface area contributed by atoms with Crippen LogP contribution in [0.15, 0.2) is 4.21 Å². The molecule has 0 atom stereocenters. The Kier molecular flexibility index (Phi) is 3.09. The van der Waals surface area contributed by atoms with Crippen molar-refractivity contribution in [2.45, 2.75) is 37.4 Å². The van der Waals surface area contributed by atoms with E-state index in [9.17, 15) is 8.42 Å². The number of sulfonamides is 1. The molecule has 1 aromatic heterocycles. The zero-order valence-electron chi connectivity index (χ0n) is 9.16. The van der Waals surface area contributed by atoms with Crippen molar-refractivity contribution in [2.24, 2.45) is 0 Å². The summed E-state index contributed by atoms with van der Waals surface area (Å²) >= 11 is 0.978. The maximum Gasteiger partial charge on any atom is 0.252 e. The summed E-state index contributed by atoms with van der Waals surface area (Å²) in [6, 6.07) is 0. The summed E-state index contributed by atoms with van der Waals surface area (Å²) in [6.45, 7) is 6.98. The predicted octanol–water partition coefficient (Wildman–Crippen LogP) is 1.11. The van der Waals surface area contributed by atoms with Crippen LogP contribution in [0.3, 0.4) is 0 Å². The number of rotatable bonds is 2. The number of hydrogen-bond acceptors (Lipinski definition) is 5. The normalized spacial score (nSPS) is 13.1. The molecule has 0 unspecified atom stereocenters. The highest BCUT2D eigenvalue weighted by molar-refractivity contribution is 7.91. The van der Waals surface area contributed by atoms with Crippen molar-refractivity contribution in [2.75, 3.05) is 5.73 Å². The summed E-state index contributed by atoms with van der Waals surface area (Å²) in [5.41, 5.74) is 5.38. The summed E-state index contributed by atoms with van der Waals surface area (Å²) in [5.74, 6) is 0. The van der Waals surface area contributed by atoms with Gasteiger partial charge in [-0.2, -0.15) is 0 Å². The van der Waals surface area contributed by atoms with Gasteiger partial charge in [0.05, 0.1) is 5.69 Å². The van der Waals surface area contributed by atoms with Crippen molar-refractivity contribution in [3.8, 4) is 0 Å². The largest absolute Gasteiger partial charge is 0.375 e. The summed E-state index contributed by atoms with van der Waals surface area (Å²) < 4.78 is 26.5. The molecule has 86 valence electrons. The van der Waals surface area contributed by atoms with Crippen LogP contribution in [-0.4, -0.2) is 18.9 Å². The highest BCUT2D eigenvalue weighted by atomic mass is 32.2. The van der Waals surface area contributed by atoms with E-state index in [4.69, 9.17) is 5.73 Å². The lowest BCUT2D eigenvalue weighted by Crippen LogP contribution is -2.40. The number of anilines is 1. The first-order valence-corrected chi connectivity index (χ1v) is 6.69. The highest BCUT2D eigenvalue weighted by Crippen LogP contribution is 2.25. The van der Waals surface area contributed by atoms with Crippen LogP contribution in [0.1, 0.15) is 26.5 Å². The molecule has 0 amide bonds. The minimum Gasteiger partial charge on any atom is -0.375 e. The summed E-state index contributed by atoms with van der Waals surface area (Å²) in [4.78, 5) is 3.88. The van der Waals surface area contributed by atoms with Crippen molar-refractivity contribution in [3.63, 3.8) is 0 Å². The van der Waals surface area contributed by atoms with Gasteiger partial charge in [-0.05, 0) is 27.7 Å². The van der Waals surface area contributed by atoms with Gasteiger partial charge in [-0.1, -0.05) is 11.3 Å². The van der Waals surface area contributed by atoms with E-state index in [0.29, 0.717) is 5.69 Å². The predicted molar refractivity (Wildman–Crippen MR) is 61.3 cm³/mol. The first kappa shape index (κ1) is 12.4. The lowest BCUT2D eigenvalue weighted by Gasteiger charge is -2.19. The Labute approximate surface area is 93.8 Å². The Morgan fingerprint density at radius 2 is 1.93 bits per heavy atom. The molecule has 1 heterocycles. The zero-order valence-corrected chi connectivity index (χ0v) is 10.8. The lowest BCUT2D eigenvalue weighted by molar-refractivity contribution is 0.492. The average molecular weight is 249 g/mol. The van der Waals surface area contributed by atoms with Crippen LogP contribution in [-0.2, 0) is 10.0 Å². The van der Waals surface area contributed by atoms with E-state index in [1.807, 2.05) is 0 Å². The van der Waals surface area contributed by atoms with Gasteiger partial charge >= 0.3 is 0 Å². The fourth-order valence-electron chi connectivity index (χ4n) is 1.10. The molecule has 0 aliphatic carbocycles. The smallest absolute Gasteiger partial charge is 0.252 e. The first-order valence-electron chi connectivity index (χ1n) is 4.39. The number of thiazole rings is 1. The Bertz CT molecular complexity index is 457. The van der Waals surface area contributed by atoms with E-state index in [2.05, 4.69) is 9.71 Å². The van der Waals surface area contributed by atoms with E-state index in [0.717, 1.165) is 11.3 Å². The second-order valence-corrected chi connectivity index (χ2v) is 7.19. The molecule has 7 heteroatoms. The van der Waals surface area contributed by atoms with Crippen molar-refractivity contribution in [1.82, 2.24) is 9.71 Å². The summed E-state index contributed by atoms with van der Waals surface area (Å²) in [7, 11) is -3.50. The summed E-state index contributed by atoms with van der Waals surface area (Å²) in [5, 5.41) is 0.266. The number of hydrogen-bond donors (Lipinski definition) is 2. The van der Waals surface area contributed by atoms with Crippen molar-refractivity contribution >= 4 is 26.5 Å². The standard InChI is InChI=1S/C8H15N3O2S2/c1-5-6(14-7(9)10-5)15(12,13)11-8(2,3)4/h11H,1-4H3,(H2,9,10). The van der Waals surface area contributed by atoms with Crippen LogP contribution in [0.2, 0.25) is 0 Å². The number of nitrogens with two attached hydrogens (primary N) is 1. The molecule has 0 aliphatic rings. The van der Waals surface area contributed by atoms with Crippen LogP contribution in [0.5, 0.6) is 0 Å². The lowest BCUT2D eigenvalue weighted by atomic mass is 10.1. The Hall–Kier alpha value is -0.660. The molecule has 0 saturated carbocycles. The van der Waals surface area contributed by atoms with Crippen molar-refractivity contribution in [3.05, 3.63) is 5.69 Å². The zero-order chi connectivity index (χ0) is 11.9. The molecule has 1 rings (SSSR count). The number of aryl methyl sites for hydroxylation is 1. The minimum absolute atomic E-state index is 0.190. The Morgan fingerprint density at radius 1 is 1.40 bits per heavy atom. The topological polar surface area (TPSA) is 85.1 Å². The van der Waals surface area contributed by atoms with Gasteiger partial charge in [-0.25, -0.2) is 18.1 Å². The van der Waals surface area contributed by atoms with Gasteiger partial charge in [0.1, 0.15) is 0 Å². The second kappa shape index (κ2) is 3.73. The Morgan fingerprint density at radius 3 is 2.27 bits per heavy atom. The fourth-order valence-corrected chi connectivity index (χ4v) is 3.82. The number of nitrogen functional groups attached to an aromatic ring is 1. The third-order valence-electron chi connectivity index (χ3n) is 1.46. The van der Waals surface area contributed by atoms with E-state index in [-0.39, 0.29) is 9.34 Å². The SMILES string of the molecule is Cc1nc(N)sc1S(=O)(=O)NC(C)(C)C. The van der Waals surface area contributed by atoms with Gasteiger partial charge in [0.25, 0.3) is 10.0 Å². The maximum atomic E-state index is 11.9. The molecule has 5 nitrogen and oxygen atoms in total. The number of nitrogens with zero attached hydrogens (tertiary/aromatic N) is 1. The minimum atomic E-state index is -3.50. The van der Waals surface area contributed by atoms with Crippen molar-refractivity contribution in [1.29, 1.82) is 0 Å². The van der Waals surface area contributed by atoms with Gasteiger partial charge in [0, 0.05) is 5.54 Å². The third-order valence-corrected chi connectivity index (χ3v) is 4.81. The molecule has 15 heavy (non-hydrogen) atoms. The number of nitrogens with one attached hydrogen (secondary N) is 1. The van der Waals surface area contributed by atoms with Crippen LogP contribution >= 0.6 is 11.3 Å². The molecule has 3 N–H and O–H groups in total. The quantitative estimate of drug-likeness (QED) is 0.822.